The second-order valence-electron chi connectivity index (χ2n) is 4.34. The lowest BCUT2D eigenvalue weighted by molar-refractivity contribution is 0.521. The van der Waals surface area contributed by atoms with Gasteiger partial charge < -0.3 is 10.6 Å². The largest absolute Gasteiger partial charge is 0.396 e. The van der Waals surface area contributed by atoms with Crippen molar-refractivity contribution in [2.24, 2.45) is 5.92 Å². The Labute approximate surface area is 90.5 Å². The van der Waals surface area contributed by atoms with Gasteiger partial charge in [0.1, 0.15) is 0 Å². The topological polar surface area (TPSA) is 55.0 Å². The summed E-state index contributed by atoms with van der Waals surface area (Å²) in [6.07, 6.45) is 7.13. The zero-order valence-electron chi connectivity index (χ0n) is 9.19. The minimum absolute atomic E-state index is 0.627. The molecule has 82 valence electrons. The molecule has 1 aromatic rings. The van der Waals surface area contributed by atoms with E-state index in [0.29, 0.717) is 5.69 Å². The van der Waals surface area contributed by atoms with E-state index in [1.54, 1.807) is 12.4 Å². The monoisotopic (exact) mass is 206 g/mol. The van der Waals surface area contributed by atoms with Gasteiger partial charge in [-0.25, -0.2) is 9.97 Å². The fraction of sp³-hybridized carbons (Fsp3) is 0.636. The Balaban J connectivity index is 2.06. The van der Waals surface area contributed by atoms with Gasteiger partial charge in [-0.05, 0) is 25.2 Å². The van der Waals surface area contributed by atoms with Crippen LogP contribution in [0.1, 0.15) is 26.2 Å². The van der Waals surface area contributed by atoms with Crippen LogP contribution in [0.4, 0.5) is 11.6 Å². The molecule has 2 rings (SSSR count). The molecule has 1 aliphatic heterocycles. The lowest BCUT2D eigenvalue weighted by Crippen LogP contribution is -2.26. The molecule has 2 N–H and O–H groups in total. The van der Waals surface area contributed by atoms with Crippen molar-refractivity contribution in [3.8, 4) is 0 Å². The SMILES string of the molecule is CC1CCCN(c2ncc(N)cn2)CC1. The maximum atomic E-state index is 5.57. The van der Waals surface area contributed by atoms with Crippen LogP contribution in [-0.2, 0) is 0 Å². The first-order valence-electron chi connectivity index (χ1n) is 5.58. The van der Waals surface area contributed by atoms with Crippen LogP contribution in [0.3, 0.4) is 0 Å². The minimum atomic E-state index is 0.627. The number of rotatable bonds is 1. The Hall–Kier alpha value is -1.32. The van der Waals surface area contributed by atoms with E-state index in [-0.39, 0.29) is 0 Å². The molecule has 1 atom stereocenters. The normalized spacial score (nSPS) is 22.5. The predicted molar refractivity (Wildman–Crippen MR) is 61.7 cm³/mol. The van der Waals surface area contributed by atoms with Gasteiger partial charge in [0.25, 0.3) is 0 Å². The van der Waals surface area contributed by atoms with E-state index in [2.05, 4.69) is 21.8 Å². The average Bonchev–Trinajstić information content (AvgIpc) is 2.44. The van der Waals surface area contributed by atoms with E-state index < -0.39 is 0 Å². The first-order chi connectivity index (χ1) is 7.25. The van der Waals surface area contributed by atoms with Crippen molar-refractivity contribution in [3.05, 3.63) is 12.4 Å². The molecule has 4 heteroatoms. The molecule has 0 aliphatic carbocycles. The summed E-state index contributed by atoms with van der Waals surface area (Å²) < 4.78 is 0. The summed E-state index contributed by atoms with van der Waals surface area (Å²) in [5.74, 6) is 1.64. The third kappa shape index (κ3) is 2.58. The van der Waals surface area contributed by atoms with Gasteiger partial charge in [0.05, 0.1) is 18.1 Å². The van der Waals surface area contributed by atoms with Crippen molar-refractivity contribution in [1.29, 1.82) is 0 Å². The molecule has 0 spiro atoms. The smallest absolute Gasteiger partial charge is 0.225 e. The summed E-state index contributed by atoms with van der Waals surface area (Å²) >= 11 is 0. The molecule has 1 aromatic heterocycles. The summed E-state index contributed by atoms with van der Waals surface area (Å²) in [7, 11) is 0. The Morgan fingerprint density at radius 3 is 2.73 bits per heavy atom. The van der Waals surface area contributed by atoms with E-state index in [1.807, 2.05) is 0 Å². The van der Waals surface area contributed by atoms with Gasteiger partial charge in [0.15, 0.2) is 0 Å². The zero-order chi connectivity index (χ0) is 10.7. The molecule has 1 aliphatic rings. The second-order valence-corrected chi connectivity index (χ2v) is 4.34. The van der Waals surface area contributed by atoms with Crippen molar-refractivity contribution in [2.45, 2.75) is 26.2 Å². The van der Waals surface area contributed by atoms with Gasteiger partial charge in [-0.2, -0.15) is 0 Å². The Kier molecular flexibility index (Phi) is 3.04. The number of nitrogens with two attached hydrogens (primary N) is 1. The maximum absolute atomic E-state index is 5.57. The van der Waals surface area contributed by atoms with Crippen molar-refractivity contribution >= 4 is 11.6 Å². The molecule has 2 heterocycles. The maximum Gasteiger partial charge on any atom is 0.225 e. The summed E-state index contributed by atoms with van der Waals surface area (Å²) in [5.41, 5.74) is 6.19. The summed E-state index contributed by atoms with van der Waals surface area (Å²) in [5, 5.41) is 0. The molecule has 4 nitrogen and oxygen atoms in total. The lowest BCUT2D eigenvalue weighted by Gasteiger charge is -2.19. The average molecular weight is 206 g/mol. The van der Waals surface area contributed by atoms with Crippen LogP contribution < -0.4 is 10.6 Å². The standard InChI is InChI=1S/C11H18N4/c1-9-3-2-5-15(6-4-9)11-13-7-10(12)8-14-11/h7-9H,2-6,12H2,1H3. The van der Waals surface area contributed by atoms with Crippen molar-refractivity contribution in [3.63, 3.8) is 0 Å². The molecule has 1 unspecified atom stereocenters. The molecular weight excluding hydrogens is 188 g/mol. The number of anilines is 2. The summed E-state index contributed by atoms with van der Waals surface area (Å²) in [6, 6.07) is 0. The number of nitrogens with zero attached hydrogens (tertiary/aromatic N) is 3. The van der Waals surface area contributed by atoms with Gasteiger partial charge in [-0.1, -0.05) is 6.92 Å². The van der Waals surface area contributed by atoms with Gasteiger partial charge >= 0.3 is 0 Å². The number of hydrogen-bond donors (Lipinski definition) is 1. The second kappa shape index (κ2) is 4.47. The van der Waals surface area contributed by atoms with Crippen LogP contribution in [0.25, 0.3) is 0 Å². The first kappa shape index (κ1) is 10.2. The third-order valence-corrected chi connectivity index (χ3v) is 2.96. The predicted octanol–water partition coefficient (Wildman–Crippen LogP) is 1.69. The molecule has 0 bridgehead atoms. The quantitative estimate of drug-likeness (QED) is 0.759. The fourth-order valence-corrected chi connectivity index (χ4v) is 1.96. The molecule has 0 saturated carbocycles. The Bertz CT molecular complexity index is 309. The van der Waals surface area contributed by atoms with E-state index in [9.17, 15) is 0 Å². The highest BCUT2D eigenvalue weighted by Crippen LogP contribution is 2.19. The van der Waals surface area contributed by atoms with Crippen LogP contribution in [-0.4, -0.2) is 23.1 Å². The zero-order valence-corrected chi connectivity index (χ0v) is 9.19. The number of nitrogen functional groups attached to an aromatic ring is 1. The first-order valence-corrected chi connectivity index (χ1v) is 5.58. The number of aromatic nitrogens is 2. The lowest BCUT2D eigenvalue weighted by atomic mass is 10.0. The van der Waals surface area contributed by atoms with Crippen LogP contribution in [0, 0.1) is 5.92 Å². The highest BCUT2D eigenvalue weighted by atomic mass is 15.2. The van der Waals surface area contributed by atoms with Crippen molar-refractivity contribution in [1.82, 2.24) is 9.97 Å². The highest BCUT2D eigenvalue weighted by Gasteiger charge is 2.15. The van der Waals surface area contributed by atoms with Crippen LogP contribution >= 0.6 is 0 Å². The molecule has 0 amide bonds. The van der Waals surface area contributed by atoms with E-state index in [4.69, 9.17) is 5.73 Å². The van der Waals surface area contributed by atoms with Gasteiger partial charge in [0, 0.05) is 13.1 Å². The van der Waals surface area contributed by atoms with E-state index in [1.165, 1.54) is 19.3 Å². The summed E-state index contributed by atoms with van der Waals surface area (Å²) in [4.78, 5) is 10.8. The minimum Gasteiger partial charge on any atom is -0.396 e. The van der Waals surface area contributed by atoms with Crippen LogP contribution in [0.5, 0.6) is 0 Å². The molecule has 0 radical (unpaired) electrons. The molecule has 1 saturated heterocycles. The van der Waals surface area contributed by atoms with E-state index >= 15 is 0 Å². The third-order valence-electron chi connectivity index (χ3n) is 2.96. The fourth-order valence-electron chi connectivity index (χ4n) is 1.96. The summed E-state index contributed by atoms with van der Waals surface area (Å²) in [6.45, 7) is 4.44. The highest BCUT2D eigenvalue weighted by molar-refractivity contribution is 5.37. The van der Waals surface area contributed by atoms with Crippen molar-refractivity contribution < 1.29 is 0 Å². The van der Waals surface area contributed by atoms with Crippen molar-refractivity contribution in [2.75, 3.05) is 23.7 Å². The molecule has 15 heavy (non-hydrogen) atoms. The number of hydrogen-bond acceptors (Lipinski definition) is 4. The van der Waals surface area contributed by atoms with E-state index in [0.717, 1.165) is 25.0 Å². The Morgan fingerprint density at radius 2 is 2.00 bits per heavy atom. The molecule has 1 fully saturated rings. The molecular formula is C11H18N4. The van der Waals surface area contributed by atoms with Gasteiger partial charge in [-0.15, -0.1) is 0 Å². The Morgan fingerprint density at radius 1 is 1.27 bits per heavy atom. The van der Waals surface area contributed by atoms with Gasteiger partial charge in [-0.3, -0.25) is 0 Å². The van der Waals surface area contributed by atoms with Crippen LogP contribution in [0.2, 0.25) is 0 Å². The van der Waals surface area contributed by atoms with Gasteiger partial charge in [0.2, 0.25) is 5.95 Å². The molecule has 0 aromatic carbocycles. The van der Waals surface area contributed by atoms with Crippen LogP contribution in [0.15, 0.2) is 12.4 Å².